The Morgan fingerprint density at radius 3 is 2.65 bits per heavy atom. The van der Waals surface area contributed by atoms with Gasteiger partial charge in [-0.15, -0.1) is 0 Å². The van der Waals surface area contributed by atoms with Crippen molar-refractivity contribution in [3.05, 3.63) is 71.7 Å². The molecular formula is C22H20F2N6O. The average molecular weight is 422 g/mol. The maximum absolute atomic E-state index is 13.4. The lowest BCUT2D eigenvalue weighted by molar-refractivity contribution is -0.115. The maximum Gasteiger partial charge on any atom is 0.266 e. The van der Waals surface area contributed by atoms with Gasteiger partial charge in [-0.1, -0.05) is 12.1 Å². The second-order valence-electron chi connectivity index (χ2n) is 7.47. The van der Waals surface area contributed by atoms with E-state index in [-0.39, 0.29) is 25.3 Å². The molecule has 0 radical (unpaired) electrons. The van der Waals surface area contributed by atoms with Crippen LogP contribution >= 0.6 is 0 Å². The van der Waals surface area contributed by atoms with E-state index in [9.17, 15) is 13.6 Å². The molecule has 1 saturated heterocycles. The van der Waals surface area contributed by atoms with Gasteiger partial charge >= 0.3 is 0 Å². The summed E-state index contributed by atoms with van der Waals surface area (Å²) < 4.78 is 28.4. The summed E-state index contributed by atoms with van der Waals surface area (Å²) in [7, 11) is 0. The summed E-state index contributed by atoms with van der Waals surface area (Å²) in [6, 6.07) is 14.2. The summed E-state index contributed by atoms with van der Waals surface area (Å²) in [6.45, 7) is 0.472. The Bertz CT molecular complexity index is 1100. The van der Waals surface area contributed by atoms with Gasteiger partial charge in [0.1, 0.15) is 6.07 Å². The Morgan fingerprint density at radius 1 is 1.19 bits per heavy atom. The molecular weight excluding hydrogens is 402 g/mol. The van der Waals surface area contributed by atoms with E-state index in [0.717, 1.165) is 16.9 Å². The van der Waals surface area contributed by atoms with Gasteiger partial charge in [0.25, 0.3) is 5.92 Å². The summed E-state index contributed by atoms with van der Waals surface area (Å²) in [5.74, 6) is -2.44. The third kappa shape index (κ3) is 5.22. The summed E-state index contributed by atoms with van der Waals surface area (Å²) in [5.41, 5.74) is 2.75. The monoisotopic (exact) mass is 422 g/mol. The molecule has 0 aliphatic carbocycles. The maximum atomic E-state index is 13.4. The van der Waals surface area contributed by atoms with E-state index >= 15 is 0 Å². The summed E-state index contributed by atoms with van der Waals surface area (Å²) >= 11 is 0. The highest BCUT2D eigenvalue weighted by Crippen LogP contribution is 2.30. The van der Waals surface area contributed by atoms with Crippen LogP contribution in [0.5, 0.6) is 0 Å². The number of hydrogen-bond acceptors (Lipinski definition) is 5. The first-order valence-electron chi connectivity index (χ1n) is 9.80. The second-order valence-corrected chi connectivity index (χ2v) is 7.47. The van der Waals surface area contributed by atoms with Gasteiger partial charge in [-0.3, -0.25) is 14.5 Å². The number of nitriles is 1. The Balaban J connectivity index is 1.30. The normalized spacial score (nSPS) is 14.9. The topological polar surface area (TPSA) is 86.8 Å². The van der Waals surface area contributed by atoms with Crippen LogP contribution in [0.3, 0.4) is 0 Å². The lowest BCUT2D eigenvalue weighted by atomic mass is 10.1. The van der Waals surface area contributed by atoms with Crippen LogP contribution in [0.4, 0.5) is 20.3 Å². The second kappa shape index (κ2) is 8.52. The van der Waals surface area contributed by atoms with Crippen LogP contribution < -0.4 is 10.2 Å². The Hall–Kier alpha value is -3.80. The fourth-order valence-corrected chi connectivity index (χ4v) is 3.42. The van der Waals surface area contributed by atoms with Gasteiger partial charge in [-0.25, -0.2) is 8.78 Å². The standard InChI is InChI=1S/C22H20F2N6O/c23-22(24)8-10-29(15-22)19-5-2-16(3-6-19)11-21(31)27-20-7-9-30(28-20)14-18-4-1-17(12-25)13-26-18/h1-7,9,13H,8,10-11,14-15H2,(H,27,28,31). The first-order chi connectivity index (χ1) is 14.9. The molecule has 0 saturated carbocycles. The molecule has 1 aromatic carbocycles. The first kappa shape index (κ1) is 20.5. The minimum absolute atomic E-state index is 0.134. The van der Waals surface area contributed by atoms with Crippen molar-refractivity contribution in [1.82, 2.24) is 14.8 Å². The highest BCUT2D eigenvalue weighted by molar-refractivity contribution is 5.91. The van der Waals surface area contributed by atoms with Crippen LogP contribution in [-0.4, -0.2) is 39.7 Å². The predicted octanol–water partition coefficient (Wildman–Crippen LogP) is 3.22. The minimum atomic E-state index is -2.64. The van der Waals surface area contributed by atoms with E-state index in [1.165, 1.54) is 6.20 Å². The number of benzene rings is 1. The molecule has 0 bridgehead atoms. The van der Waals surface area contributed by atoms with Crippen molar-refractivity contribution < 1.29 is 13.6 Å². The molecule has 0 atom stereocenters. The number of pyridine rings is 1. The molecule has 1 amide bonds. The molecule has 4 rings (SSSR count). The van der Waals surface area contributed by atoms with E-state index < -0.39 is 5.92 Å². The number of rotatable bonds is 6. The fraction of sp³-hybridized carbons (Fsp3) is 0.273. The molecule has 0 spiro atoms. The van der Waals surface area contributed by atoms with Gasteiger partial charge in [0.15, 0.2) is 5.82 Å². The lowest BCUT2D eigenvalue weighted by Crippen LogP contribution is -2.24. The van der Waals surface area contributed by atoms with Gasteiger partial charge in [-0.2, -0.15) is 10.4 Å². The smallest absolute Gasteiger partial charge is 0.266 e. The van der Waals surface area contributed by atoms with Gasteiger partial charge in [0, 0.05) is 37.1 Å². The minimum Gasteiger partial charge on any atom is -0.365 e. The molecule has 7 nitrogen and oxygen atoms in total. The number of anilines is 2. The lowest BCUT2D eigenvalue weighted by Gasteiger charge is -2.18. The molecule has 9 heteroatoms. The molecule has 0 unspecified atom stereocenters. The van der Waals surface area contributed by atoms with Crippen LogP contribution in [0.2, 0.25) is 0 Å². The van der Waals surface area contributed by atoms with E-state index in [1.54, 1.807) is 58.2 Å². The molecule has 3 aromatic rings. The first-order valence-corrected chi connectivity index (χ1v) is 9.80. The van der Waals surface area contributed by atoms with Crippen molar-refractivity contribution in [1.29, 1.82) is 5.26 Å². The number of aromatic nitrogens is 3. The number of carbonyl (C=O) groups excluding carboxylic acids is 1. The van der Waals surface area contributed by atoms with Gasteiger partial charge in [-0.05, 0) is 29.8 Å². The summed E-state index contributed by atoms with van der Waals surface area (Å²) in [4.78, 5) is 18.2. The molecule has 31 heavy (non-hydrogen) atoms. The van der Waals surface area contributed by atoms with Gasteiger partial charge in [0.2, 0.25) is 5.91 Å². The quantitative estimate of drug-likeness (QED) is 0.659. The molecule has 1 aliphatic rings. The third-order valence-corrected chi connectivity index (χ3v) is 5.02. The van der Waals surface area contributed by atoms with Gasteiger partial charge in [0.05, 0.1) is 30.8 Å². The Morgan fingerprint density at radius 2 is 2.00 bits per heavy atom. The van der Waals surface area contributed by atoms with Crippen molar-refractivity contribution >= 4 is 17.4 Å². The van der Waals surface area contributed by atoms with Crippen molar-refractivity contribution in [2.75, 3.05) is 23.3 Å². The number of nitrogens with zero attached hydrogens (tertiary/aromatic N) is 5. The zero-order valence-corrected chi connectivity index (χ0v) is 16.6. The van der Waals surface area contributed by atoms with Crippen molar-refractivity contribution in [3.63, 3.8) is 0 Å². The number of alkyl halides is 2. The largest absolute Gasteiger partial charge is 0.365 e. The molecule has 1 N–H and O–H groups in total. The van der Waals surface area contributed by atoms with Crippen LogP contribution in [0.15, 0.2) is 54.9 Å². The summed E-state index contributed by atoms with van der Waals surface area (Å²) in [6.07, 6.45) is 3.25. The van der Waals surface area contributed by atoms with Crippen molar-refractivity contribution in [2.45, 2.75) is 25.3 Å². The highest BCUT2D eigenvalue weighted by Gasteiger charge is 2.38. The number of hydrogen-bond donors (Lipinski definition) is 1. The molecule has 1 fully saturated rings. The molecule has 1 aliphatic heterocycles. The number of nitrogens with one attached hydrogen (secondary N) is 1. The Kier molecular flexibility index (Phi) is 5.62. The van der Waals surface area contributed by atoms with E-state index in [2.05, 4.69) is 15.4 Å². The summed E-state index contributed by atoms with van der Waals surface area (Å²) in [5, 5.41) is 15.9. The zero-order valence-electron chi connectivity index (χ0n) is 16.6. The molecule has 158 valence electrons. The predicted molar refractivity (Wildman–Crippen MR) is 111 cm³/mol. The van der Waals surface area contributed by atoms with E-state index in [0.29, 0.717) is 24.5 Å². The number of amides is 1. The fourth-order valence-electron chi connectivity index (χ4n) is 3.42. The highest BCUT2D eigenvalue weighted by atomic mass is 19.3. The number of halogens is 2. The van der Waals surface area contributed by atoms with Crippen LogP contribution in [0, 0.1) is 11.3 Å². The van der Waals surface area contributed by atoms with Crippen LogP contribution in [0.1, 0.15) is 23.2 Å². The number of carbonyl (C=O) groups is 1. The molecule has 3 heterocycles. The molecule has 2 aromatic heterocycles. The van der Waals surface area contributed by atoms with E-state index in [1.807, 2.05) is 6.07 Å². The van der Waals surface area contributed by atoms with Crippen LogP contribution in [0.25, 0.3) is 0 Å². The van der Waals surface area contributed by atoms with Gasteiger partial charge < -0.3 is 10.2 Å². The van der Waals surface area contributed by atoms with Crippen molar-refractivity contribution in [2.24, 2.45) is 0 Å². The Labute approximate surface area is 177 Å². The third-order valence-electron chi connectivity index (χ3n) is 5.02. The zero-order chi connectivity index (χ0) is 21.8. The SMILES string of the molecule is N#Cc1ccc(Cn2ccc(NC(=O)Cc3ccc(N4CCC(F)(F)C4)cc3)n2)nc1. The van der Waals surface area contributed by atoms with Crippen molar-refractivity contribution in [3.8, 4) is 6.07 Å². The van der Waals surface area contributed by atoms with Crippen LogP contribution in [-0.2, 0) is 17.8 Å². The van der Waals surface area contributed by atoms with E-state index in [4.69, 9.17) is 5.26 Å². The average Bonchev–Trinajstić information content (AvgIpc) is 3.34.